The normalized spacial score (nSPS) is 35.0. The zero-order chi connectivity index (χ0) is 5.98. The molecule has 0 fully saturated rings. The van der Waals surface area contributed by atoms with E-state index in [9.17, 15) is 0 Å². The summed E-state index contributed by atoms with van der Waals surface area (Å²) in [7, 11) is 0. The van der Waals surface area contributed by atoms with E-state index in [-0.39, 0.29) is 5.92 Å². The fraction of sp³-hybridized carbons (Fsp3) is 0.571. The zero-order valence-corrected chi connectivity index (χ0v) is 4.96. The third-order valence-corrected chi connectivity index (χ3v) is 1.63. The van der Waals surface area contributed by atoms with E-state index in [1.54, 1.807) is 0 Å². The van der Waals surface area contributed by atoms with Gasteiger partial charge in [-0.1, -0.05) is 19.1 Å². The van der Waals surface area contributed by atoms with Crippen LogP contribution in [0.15, 0.2) is 12.2 Å². The molecule has 1 aliphatic rings. The van der Waals surface area contributed by atoms with Gasteiger partial charge in [-0.25, -0.2) is 0 Å². The highest BCUT2D eigenvalue weighted by Crippen LogP contribution is 2.22. The van der Waals surface area contributed by atoms with Crippen molar-refractivity contribution in [1.82, 2.24) is 0 Å². The van der Waals surface area contributed by atoms with Crippen LogP contribution in [0.3, 0.4) is 0 Å². The summed E-state index contributed by atoms with van der Waals surface area (Å²) >= 11 is 0. The van der Waals surface area contributed by atoms with Gasteiger partial charge in [0, 0.05) is 0 Å². The van der Waals surface area contributed by atoms with E-state index in [0.29, 0.717) is 5.92 Å². The van der Waals surface area contributed by atoms with Gasteiger partial charge in [0.25, 0.3) is 0 Å². The molecule has 0 aromatic carbocycles. The van der Waals surface area contributed by atoms with Crippen LogP contribution in [0.2, 0.25) is 0 Å². The Morgan fingerprint density at radius 3 is 2.75 bits per heavy atom. The van der Waals surface area contributed by atoms with Crippen LogP contribution in [-0.2, 0) is 0 Å². The molecule has 1 heteroatoms. The molecule has 1 aliphatic carbocycles. The van der Waals surface area contributed by atoms with Gasteiger partial charge >= 0.3 is 0 Å². The van der Waals surface area contributed by atoms with Crippen molar-refractivity contribution >= 4 is 0 Å². The Bertz CT molecular complexity index is 141. The first-order valence-electron chi connectivity index (χ1n) is 2.91. The van der Waals surface area contributed by atoms with Crippen molar-refractivity contribution in [1.29, 1.82) is 5.26 Å². The highest BCUT2D eigenvalue weighted by atomic mass is 14.3. The molecule has 0 aliphatic heterocycles. The van der Waals surface area contributed by atoms with Gasteiger partial charge in [0.1, 0.15) is 0 Å². The SMILES string of the molecule is C[C@@H]1C=CC[C@H]1C#N. The molecule has 0 saturated heterocycles. The number of hydrogen-bond donors (Lipinski definition) is 0. The maximum absolute atomic E-state index is 8.45. The van der Waals surface area contributed by atoms with E-state index in [0.717, 1.165) is 6.42 Å². The lowest BCUT2D eigenvalue weighted by atomic mass is 10.00. The van der Waals surface area contributed by atoms with Crippen LogP contribution < -0.4 is 0 Å². The first-order valence-corrected chi connectivity index (χ1v) is 2.91. The Balaban J connectivity index is 2.54. The monoisotopic (exact) mass is 107 g/mol. The predicted octanol–water partition coefficient (Wildman–Crippen LogP) is 1.72. The van der Waals surface area contributed by atoms with Crippen LogP contribution in [0.1, 0.15) is 13.3 Å². The molecule has 0 saturated carbocycles. The van der Waals surface area contributed by atoms with E-state index in [1.165, 1.54) is 0 Å². The van der Waals surface area contributed by atoms with Crippen LogP contribution in [-0.4, -0.2) is 0 Å². The standard InChI is InChI=1S/C7H9N/c1-6-3-2-4-7(6)5-8/h2-3,6-7H,4H2,1H3/t6-,7+/m1/s1. The third kappa shape index (κ3) is 0.742. The van der Waals surface area contributed by atoms with Crippen LogP contribution >= 0.6 is 0 Å². The van der Waals surface area contributed by atoms with Gasteiger partial charge in [-0.05, 0) is 12.3 Å². The lowest BCUT2D eigenvalue weighted by Crippen LogP contribution is -1.99. The van der Waals surface area contributed by atoms with Crippen molar-refractivity contribution in [3.8, 4) is 6.07 Å². The summed E-state index contributed by atoms with van der Waals surface area (Å²) in [4.78, 5) is 0. The predicted molar refractivity (Wildman–Crippen MR) is 32.0 cm³/mol. The summed E-state index contributed by atoms with van der Waals surface area (Å²) in [5, 5.41) is 8.45. The second kappa shape index (κ2) is 2.00. The lowest BCUT2D eigenvalue weighted by molar-refractivity contribution is 0.566. The fourth-order valence-corrected chi connectivity index (χ4v) is 0.959. The van der Waals surface area contributed by atoms with Crippen LogP contribution in [0.4, 0.5) is 0 Å². The topological polar surface area (TPSA) is 23.8 Å². The molecule has 8 heavy (non-hydrogen) atoms. The van der Waals surface area contributed by atoms with Crippen molar-refractivity contribution in [3.05, 3.63) is 12.2 Å². The van der Waals surface area contributed by atoms with E-state index in [2.05, 4.69) is 25.1 Å². The molecule has 0 radical (unpaired) electrons. The summed E-state index contributed by atoms with van der Waals surface area (Å²) in [6.07, 6.45) is 5.14. The molecule has 1 nitrogen and oxygen atoms in total. The van der Waals surface area contributed by atoms with Crippen molar-refractivity contribution in [2.24, 2.45) is 11.8 Å². The quantitative estimate of drug-likeness (QED) is 0.432. The molecular weight excluding hydrogens is 98.1 g/mol. The molecule has 0 aromatic heterocycles. The average Bonchev–Trinajstić information content (AvgIpc) is 2.14. The summed E-state index contributed by atoms with van der Waals surface area (Å²) in [6.45, 7) is 2.08. The average molecular weight is 107 g/mol. The Hall–Kier alpha value is -0.770. The number of nitrogens with zero attached hydrogens (tertiary/aromatic N) is 1. The Kier molecular flexibility index (Phi) is 1.34. The second-order valence-corrected chi connectivity index (χ2v) is 2.26. The number of allylic oxidation sites excluding steroid dienone is 2. The van der Waals surface area contributed by atoms with Gasteiger partial charge in [-0.3, -0.25) is 0 Å². The fourth-order valence-electron chi connectivity index (χ4n) is 0.959. The summed E-state index contributed by atoms with van der Waals surface area (Å²) in [5.41, 5.74) is 0. The van der Waals surface area contributed by atoms with Gasteiger partial charge in [0.05, 0.1) is 12.0 Å². The first-order chi connectivity index (χ1) is 3.84. The molecule has 0 unspecified atom stereocenters. The summed E-state index contributed by atoms with van der Waals surface area (Å²) in [5.74, 6) is 0.745. The molecule has 42 valence electrons. The molecule has 0 spiro atoms. The minimum atomic E-state index is 0.259. The minimum absolute atomic E-state index is 0.259. The maximum atomic E-state index is 8.45. The highest BCUT2D eigenvalue weighted by Gasteiger charge is 2.16. The van der Waals surface area contributed by atoms with Crippen LogP contribution in [0.25, 0.3) is 0 Å². The largest absolute Gasteiger partial charge is 0.198 e. The smallest absolute Gasteiger partial charge is 0.0665 e. The first kappa shape index (κ1) is 5.37. The Morgan fingerprint density at radius 2 is 2.50 bits per heavy atom. The van der Waals surface area contributed by atoms with Gasteiger partial charge in [-0.15, -0.1) is 0 Å². The number of hydrogen-bond acceptors (Lipinski definition) is 1. The molecule has 1 rings (SSSR count). The summed E-state index contributed by atoms with van der Waals surface area (Å²) < 4.78 is 0. The van der Waals surface area contributed by atoms with Crippen molar-refractivity contribution in [2.45, 2.75) is 13.3 Å². The van der Waals surface area contributed by atoms with Gasteiger partial charge < -0.3 is 0 Å². The van der Waals surface area contributed by atoms with Crippen molar-refractivity contribution < 1.29 is 0 Å². The molecule has 2 atom stereocenters. The van der Waals surface area contributed by atoms with E-state index < -0.39 is 0 Å². The van der Waals surface area contributed by atoms with Gasteiger partial charge in [0.15, 0.2) is 0 Å². The lowest BCUT2D eigenvalue weighted by Gasteiger charge is -2.01. The highest BCUT2D eigenvalue weighted by molar-refractivity contribution is 5.06. The third-order valence-electron chi connectivity index (χ3n) is 1.63. The van der Waals surface area contributed by atoms with E-state index in [4.69, 9.17) is 5.26 Å². The van der Waals surface area contributed by atoms with Crippen LogP contribution in [0.5, 0.6) is 0 Å². The zero-order valence-electron chi connectivity index (χ0n) is 4.96. The molecule has 0 bridgehead atoms. The number of rotatable bonds is 0. The Labute approximate surface area is 49.6 Å². The molecule has 0 heterocycles. The second-order valence-electron chi connectivity index (χ2n) is 2.26. The maximum Gasteiger partial charge on any atom is 0.0665 e. The van der Waals surface area contributed by atoms with E-state index >= 15 is 0 Å². The molecule has 0 aromatic rings. The van der Waals surface area contributed by atoms with E-state index in [1.807, 2.05) is 0 Å². The minimum Gasteiger partial charge on any atom is -0.198 e. The molecule has 0 N–H and O–H groups in total. The summed E-state index contributed by atoms with van der Waals surface area (Å²) in [6, 6.07) is 2.25. The number of nitriles is 1. The Morgan fingerprint density at radius 1 is 1.75 bits per heavy atom. The van der Waals surface area contributed by atoms with Crippen molar-refractivity contribution in [2.75, 3.05) is 0 Å². The van der Waals surface area contributed by atoms with Crippen molar-refractivity contribution in [3.63, 3.8) is 0 Å². The van der Waals surface area contributed by atoms with Gasteiger partial charge in [0.2, 0.25) is 0 Å². The molecular formula is C7H9N. The van der Waals surface area contributed by atoms with Gasteiger partial charge in [-0.2, -0.15) is 5.26 Å². The van der Waals surface area contributed by atoms with Crippen LogP contribution in [0, 0.1) is 23.2 Å². The molecule has 0 amide bonds.